The summed E-state index contributed by atoms with van der Waals surface area (Å²) in [5, 5.41) is 3.02. The molecule has 0 unspecified atom stereocenters. The molecule has 5 nitrogen and oxygen atoms in total. The van der Waals surface area contributed by atoms with Crippen molar-refractivity contribution in [1.82, 2.24) is 9.71 Å². The van der Waals surface area contributed by atoms with Gasteiger partial charge in [0.1, 0.15) is 5.82 Å². The fourth-order valence-electron chi connectivity index (χ4n) is 2.03. The SMILES string of the molecule is CCNc1cc(S(=O)(=O)NCC(CC)(CC)SC)ccn1. The average molecular weight is 332 g/mol. The molecule has 1 aromatic rings. The molecule has 2 N–H and O–H groups in total. The molecule has 0 amide bonds. The van der Waals surface area contributed by atoms with E-state index in [-0.39, 0.29) is 9.64 Å². The van der Waals surface area contributed by atoms with E-state index in [1.54, 1.807) is 17.8 Å². The molecular formula is C14H25N3O2S2. The maximum atomic E-state index is 12.4. The Kier molecular flexibility index (Phi) is 6.96. The number of nitrogens with zero attached hydrogens (tertiary/aromatic N) is 1. The molecule has 0 aromatic carbocycles. The Morgan fingerprint density at radius 2 is 1.95 bits per heavy atom. The van der Waals surface area contributed by atoms with E-state index in [9.17, 15) is 8.42 Å². The van der Waals surface area contributed by atoms with Gasteiger partial charge in [-0.1, -0.05) is 13.8 Å². The molecule has 0 aliphatic rings. The second-order valence-electron chi connectivity index (χ2n) is 4.83. The Hall–Kier alpha value is -0.790. The molecule has 0 saturated heterocycles. The summed E-state index contributed by atoms with van der Waals surface area (Å²) in [5.74, 6) is 0.572. The molecule has 120 valence electrons. The van der Waals surface area contributed by atoms with E-state index < -0.39 is 10.0 Å². The van der Waals surface area contributed by atoms with Crippen molar-refractivity contribution >= 4 is 27.6 Å². The maximum Gasteiger partial charge on any atom is 0.240 e. The first-order valence-corrected chi connectivity index (χ1v) is 9.88. The van der Waals surface area contributed by atoms with E-state index in [2.05, 4.69) is 28.9 Å². The summed E-state index contributed by atoms with van der Waals surface area (Å²) in [6.07, 6.45) is 5.38. The lowest BCUT2D eigenvalue weighted by Crippen LogP contribution is -2.39. The van der Waals surface area contributed by atoms with Crippen molar-refractivity contribution in [2.24, 2.45) is 0 Å². The minimum atomic E-state index is -3.51. The van der Waals surface area contributed by atoms with Crippen LogP contribution in [0, 0.1) is 0 Å². The number of thioether (sulfide) groups is 1. The van der Waals surface area contributed by atoms with E-state index in [4.69, 9.17) is 0 Å². The molecule has 7 heteroatoms. The Morgan fingerprint density at radius 1 is 1.29 bits per heavy atom. The Labute approximate surface area is 132 Å². The highest BCUT2D eigenvalue weighted by Gasteiger charge is 2.27. The summed E-state index contributed by atoms with van der Waals surface area (Å²) in [6, 6.07) is 3.08. The molecule has 1 heterocycles. The minimum Gasteiger partial charge on any atom is -0.370 e. The molecule has 0 aliphatic heterocycles. The van der Waals surface area contributed by atoms with Crippen LogP contribution in [0.3, 0.4) is 0 Å². The molecule has 0 aliphatic carbocycles. The van der Waals surface area contributed by atoms with Gasteiger partial charge >= 0.3 is 0 Å². The molecule has 0 saturated carbocycles. The molecule has 21 heavy (non-hydrogen) atoms. The minimum absolute atomic E-state index is 0.0510. The van der Waals surface area contributed by atoms with Crippen molar-refractivity contribution in [2.75, 3.05) is 24.7 Å². The molecule has 0 fully saturated rings. The van der Waals surface area contributed by atoms with Gasteiger partial charge in [-0.2, -0.15) is 11.8 Å². The number of hydrogen-bond acceptors (Lipinski definition) is 5. The van der Waals surface area contributed by atoms with Gasteiger partial charge in [-0.25, -0.2) is 18.1 Å². The monoisotopic (exact) mass is 331 g/mol. The third-order valence-electron chi connectivity index (χ3n) is 3.71. The maximum absolute atomic E-state index is 12.4. The van der Waals surface area contributed by atoms with E-state index in [0.29, 0.717) is 18.9 Å². The highest BCUT2D eigenvalue weighted by atomic mass is 32.2. The first-order valence-electron chi connectivity index (χ1n) is 7.17. The lowest BCUT2D eigenvalue weighted by Gasteiger charge is -2.29. The fraction of sp³-hybridized carbons (Fsp3) is 0.643. The zero-order valence-electron chi connectivity index (χ0n) is 13.1. The first kappa shape index (κ1) is 18.3. The van der Waals surface area contributed by atoms with Crippen LogP contribution in [0.2, 0.25) is 0 Å². The topological polar surface area (TPSA) is 71.1 Å². The second-order valence-corrected chi connectivity index (χ2v) is 7.87. The standard InChI is InChI=1S/C14H25N3O2S2/c1-5-14(6-2,20-4)11-17-21(18,19)12-8-9-16-13(10-12)15-7-3/h8-10,17H,5-7,11H2,1-4H3,(H,15,16). The summed E-state index contributed by atoms with van der Waals surface area (Å²) in [6.45, 7) is 7.25. The van der Waals surface area contributed by atoms with Gasteiger partial charge in [-0.05, 0) is 32.1 Å². The quantitative estimate of drug-likeness (QED) is 0.728. The van der Waals surface area contributed by atoms with Crippen LogP contribution in [-0.4, -0.2) is 37.5 Å². The number of aromatic nitrogens is 1. The van der Waals surface area contributed by atoms with Crippen LogP contribution < -0.4 is 10.0 Å². The predicted molar refractivity (Wildman–Crippen MR) is 90.4 cm³/mol. The van der Waals surface area contributed by atoms with Crippen molar-refractivity contribution in [1.29, 1.82) is 0 Å². The van der Waals surface area contributed by atoms with Crippen molar-refractivity contribution < 1.29 is 8.42 Å². The molecule has 1 rings (SSSR count). The zero-order valence-corrected chi connectivity index (χ0v) is 14.8. The summed E-state index contributed by atoms with van der Waals surface area (Å²) < 4.78 is 27.5. The molecule has 0 atom stereocenters. The Bertz CT molecular complexity index is 535. The summed E-state index contributed by atoms with van der Waals surface area (Å²) in [4.78, 5) is 4.34. The molecule has 0 bridgehead atoms. The number of anilines is 1. The number of hydrogen-bond donors (Lipinski definition) is 2. The number of rotatable bonds is 9. The number of pyridine rings is 1. The van der Waals surface area contributed by atoms with Gasteiger partial charge in [0, 0.05) is 30.1 Å². The Balaban J connectivity index is 2.89. The van der Waals surface area contributed by atoms with Gasteiger partial charge in [0.15, 0.2) is 0 Å². The summed E-state index contributed by atoms with van der Waals surface area (Å²) in [7, 11) is -3.51. The van der Waals surface area contributed by atoms with E-state index in [1.807, 2.05) is 13.2 Å². The molecule has 1 aromatic heterocycles. The van der Waals surface area contributed by atoms with Crippen LogP contribution in [-0.2, 0) is 10.0 Å². The predicted octanol–water partition coefficient (Wildman–Crippen LogP) is 2.71. The molecule has 0 radical (unpaired) electrons. The van der Waals surface area contributed by atoms with Crippen molar-refractivity contribution in [3.63, 3.8) is 0 Å². The third kappa shape index (κ3) is 4.86. The smallest absolute Gasteiger partial charge is 0.240 e. The Morgan fingerprint density at radius 3 is 2.48 bits per heavy atom. The van der Waals surface area contributed by atoms with Crippen molar-refractivity contribution in [3.05, 3.63) is 18.3 Å². The van der Waals surface area contributed by atoms with Gasteiger partial charge in [0.2, 0.25) is 10.0 Å². The number of nitrogens with one attached hydrogen (secondary N) is 2. The number of sulfonamides is 1. The second kappa shape index (κ2) is 8.00. The third-order valence-corrected chi connectivity index (χ3v) is 6.69. The van der Waals surface area contributed by atoms with Gasteiger partial charge in [-0.3, -0.25) is 0 Å². The molecular weight excluding hydrogens is 306 g/mol. The highest BCUT2D eigenvalue weighted by molar-refractivity contribution is 8.00. The lowest BCUT2D eigenvalue weighted by molar-refractivity contribution is 0.522. The van der Waals surface area contributed by atoms with Gasteiger partial charge in [0.25, 0.3) is 0 Å². The normalized spacial score (nSPS) is 12.4. The zero-order chi connectivity index (χ0) is 15.9. The van der Waals surface area contributed by atoms with Crippen LogP contribution >= 0.6 is 11.8 Å². The van der Waals surface area contributed by atoms with Crippen LogP contribution in [0.25, 0.3) is 0 Å². The average Bonchev–Trinajstić information content (AvgIpc) is 2.50. The van der Waals surface area contributed by atoms with Crippen LogP contribution in [0.5, 0.6) is 0 Å². The fourth-order valence-corrected chi connectivity index (χ4v) is 4.05. The largest absolute Gasteiger partial charge is 0.370 e. The first-order chi connectivity index (χ1) is 9.93. The van der Waals surface area contributed by atoms with Crippen molar-refractivity contribution in [3.8, 4) is 0 Å². The van der Waals surface area contributed by atoms with Crippen LogP contribution in [0.15, 0.2) is 23.2 Å². The highest BCUT2D eigenvalue weighted by Crippen LogP contribution is 2.30. The van der Waals surface area contributed by atoms with E-state index in [1.165, 1.54) is 12.3 Å². The van der Waals surface area contributed by atoms with Crippen molar-refractivity contribution in [2.45, 2.75) is 43.3 Å². The van der Waals surface area contributed by atoms with Gasteiger partial charge in [-0.15, -0.1) is 0 Å². The van der Waals surface area contributed by atoms with Gasteiger partial charge < -0.3 is 5.32 Å². The summed E-state index contributed by atoms with van der Waals surface area (Å²) >= 11 is 1.71. The summed E-state index contributed by atoms with van der Waals surface area (Å²) in [5.41, 5.74) is 0. The van der Waals surface area contributed by atoms with Gasteiger partial charge in [0.05, 0.1) is 4.90 Å². The lowest BCUT2D eigenvalue weighted by atomic mass is 10.0. The van der Waals surface area contributed by atoms with E-state index in [0.717, 1.165) is 12.8 Å². The van der Waals surface area contributed by atoms with Crippen LogP contribution in [0.4, 0.5) is 5.82 Å². The molecule has 0 spiro atoms. The van der Waals surface area contributed by atoms with E-state index >= 15 is 0 Å². The van der Waals surface area contributed by atoms with Crippen LogP contribution in [0.1, 0.15) is 33.6 Å².